The highest BCUT2D eigenvalue weighted by atomic mass is 35.5. The second kappa shape index (κ2) is 8.96. The van der Waals surface area contributed by atoms with E-state index < -0.39 is 29.5 Å². The standard InChI is InChI=1S/C19H23F2N3O4.ClH/c1-10-7-24(8-11(2)22-10)16-14(21)6-12-15(18(16)28-3)23(5-4-20)9-13(17(12)25)19(26)27;/h6,9-11,22H,4-5,7-8H2,1-3H3,(H,26,27);1H. The maximum absolute atomic E-state index is 15.1. The van der Waals surface area contributed by atoms with Crippen molar-refractivity contribution < 1.29 is 23.4 Å². The number of aromatic carboxylic acids is 1. The van der Waals surface area contributed by atoms with Crippen LogP contribution in [0.1, 0.15) is 24.2 Å². The molecule has 7 nitrogen and oxygen atoms in total. The van der Waals surface area contributed by atoms with Gasteiger partial charge < -0.3 is 24.6 Å². The van der Waals surface area contributed by atoms with Gasteiger partial charge in [-0.1, -0.05) is 0 Å². The molecule has 0 bridgehead atoms. The van der Waals surface area contributed by atoms with Crippen LogP contribution < -0.4 is 20.4 Å². The number of carboxylic acids is 1. The minimum atomic E-state index is -1.45. The molecule has 2 N–H and O–H groups in total. The molecule has 29 heavy (non-hydrogen) atoms. The summed E-state index contributed by atoms with van der Waals surface area (Å²) < 4.78 is 35.0. The lowest BCUT2D eigenvalue weighted by atomic mass is 10.1. The number of nitrogens with one attached hydrogen (secondary N) is 1. The highest BCUT2D eigenvalue weighted by Crippen LogP contribution is 2.38. The van der Waals surface area contributed by atoms with E-state index in [1.54, 1.807) is 0 Å². The molecule has 0 saturated carbocycles. The summed E-state index contributed by atoms with van der Waals surface area (Å²) in [6.07, 6.45) is 1.08. The number of carbonyl (C=O) groups is 1. The largest absolute Gasteiger partial charge is 0.492 e. The number of carboxylic acid groups (broad SMARTS) is 1. The number of methoxy groups -OCH3 is 1. The normalized spacial score (nSPS) is 19.1. The van der Waals surface area contributed by atoms with Crippen molar-refractivity contribution >= 4 is 35.0 Å². The SMILES string of the molecule is COc1c(N2CC(C)NC(C)C2)c(F)cc2c(=O)c(C(=O)O)cn(CCF)c12.Cl. The van der Waals surface area contributed by atoms with Gasteiger partial charge in [-0.3, -0.25) is 4.79 Å². The highest BCUT2D eigenvalue weighted by Gasteiger charge is 2.29. The zero-order chi connectivity index (χ0) is 20.6. The van der Waals surface area contributed by atoms with Crippen LogP contribution in [0.25, 0.3) is 10.9 Å². The van der Waals surface area contributed by atoms with Crippen LogP contribution in [0.5, 0.6) is 5.75 Å². The van der Waals surface area contributed by atoms with E-state index in [4.69, 9.17) is 4.74 Å². The van der Waals surface area contributed by atoms with Crippen molar-refractivity contribution in [3.63, 3.8) is 0 Å². The lowest BCUT2D eigenvalue weighted by Gasteiger charge is -2.38. The van der Waals surface area contributed by atoms with E-state index in [0.29, 0.717) is 13.1 Å². The molecule has 0 aliphatic carbocycles. The molecule has 0 spiro atoms. The van der Waals surface area contributed by atoms with Crippen LogP contribution in [0.4, 0.5) is 14.5 Å². The first kappa shape index (κ1) is 22.9. The zero-order valence-electron chi connectivity index (χ0n) is 16.4. The molecule has 2 heterocycles. The summed E-state index contributed by atoms with van der Waals surface area (Å²) in [4.78, 5) is 25.8. The number of hydrogen-bond donors (Lipinski definition) is 2. The first-order valence-corrected chi connectivity index (χ1v) is 9.02. The topological polar surface area (TPSA) is 83.8 Å². The van der Waals surface area contributed by atoms with Gasteiger partial charge in [-0.25, -0.2) is 13.6 Å². The number of anilines is 1. The van der Waals surface area contributed by atoms with Gasteiger partial charge in [0.2, 0.25) is 5.43 Å². The number of aryl methyl sites for hydroxylation is 1. The van der Waals surface area contributed by atoms with Gasteiger partial charge in [0.25, 0.3) is 0 Å². The van der Waals surface area contributed by atoms with Crippen LogP contribution in [0.2, 0.25) is 0 Å². The molecule has 2 aromatic rings. The Kier molecular flexibility index (Phi) is 7.07. The number of piperazine rings is 1. The maximum atomic E-state index is 15.1. The number of fused-ring (bicyclic) bond motifs is 1. The summed E-state index contributed by atoms with van der Waals surface area (Å²) in [5, 5.41) is 12.5. The molecule has 3 rings (SSSR count). The van der Waals surface area contributed by atoms with Crippen molar-refractivity contribution in [2.75, 3.05) is 31.8 Å². The average Bonchev–Trinajstić information content (AvgIpc) is 2.62. The number of benzene rings is 1. The fraction of sp³-hybridized carbons (Fsp3) is 0.474. The van der Waals surface area contributed by atoms with Crippen LogP contribution >= 0.6 is 12.4 Å². The Hall–Kier alpha value is -2.39. The van der Waals surface area contributed by atoms with Gasteiger partial charge in [0.15, 0.2) is 11.6 Å². The van der Waals surface area contributed by atoms with E-state index >= 15 is 4.39 Å². The second-order valence-corrected chi connectivity index (χ2v) is 7.07. The summed E-state index contributed by atoms with van der Waals surface area (Å²) in [6.45, 7) is 4.02. The Morgan fingerprint density at radius 2 is 1.97 bits per heavy atom. The number of nitrogens with zero attached hydrogens (tertiary/aromatic N) is 2. The number of ether oxygens (including phenoxy) is 1. The van der Waals surface area contributed by atoms with Gasteiger partial charge in [0.05, 0.1) is 24.6 Å². The Morgan fingerprint density at radius 3 is 2.48 bits per heavy atom. The highest BCUT2D eigenvalue weighted by molar-refractivity contribution is 5.97. The predicted molar refractivity (Wildman–Crippen MR) is 109 cm³/mol. The van der Waals surface area contributed by atoms with E-state index in [0.717, 1.165) is 12.3 Å². The molecule has 2 atom stereocenters. The Balaban J connectivity index is 0.00000300. The molecule has 1 fully saturated rings. The number of alkyl halides is 1. The van der Waals surface area contributed by atoms with Crippen molar-refractivity contribution in [1.29, 1.82) is 0 Å². The maximum Gasteiger partial charge on any atom is 0.341 e. The molecule has 2 unspecified atom stereocenters. The van der Waals surface area contributed by atoms with E-state index in [1.807, 2.05) is 18.7 Å². The van der Waals surface area contributed by atoms with Gasteiger partial charge in [0, 0.05) is 31.4 Å². The Labute approximate surface area is 172 Å². The smallest absolute Gasteiger partial charge is 0.341 e. The third-order valence-corrected chi connectivity index (χ3v) is 4.88. The summed E-state index contributed by atoms with van der Waals surface area (Å²) >= 11 is 0. The van der Waals surface area contributed by atoms with Crippen molar-refractivity contribution in [2.24, 2.45) is 0 Å². The van der Waals surface area contributed by atoms with Gasteiger partial charge in [-0.05, 0) is 19.9 Å². The molecular formula is C19H24ClF2N3O4. The summed E-state index contributed by atoms with van der Waals surface area (Å²) in [5.41, 5.74) is -1.00. The van der Waals surface area contributed by atoms with Crippen LogP contribution in [0.15, 0.2) is 17.1 Å². The van der Waals surface area contributed by atoms with Crippen molar-refractivity contribution in [2.45, 2.75) is 32.5 Å². The molecule has 1 aliphatic rings. The molecule has 1 saturated heterocycles. The van der Waals surface area contributed by atoms with Gasteiger partial charge in [-0.15, -0.1) is 12.4 Å². The fourth-order valence-electron chi connectivity index (χ4n) is 3.91. The van der Waals surface area contributed by atoms with E-state index in [2.05, 4.69) is 5.32 Å². The number of pyridine rings is 1. The van der Waals surface area contributed by atoms with Crippen molar-refractivity contribution in [3.8, 4) is 5.75 Å². The van der Waals surface area contributed by atoms with Crippen LogP contribution in [0, 0.1) is 5.82 Å². The Bertz CT molecular complexity index is 972. The third kappa shape index (κ3) is 4.16. The molecule has 160 valence electrons. The van der Waals surface area contributed by atoms with E-state index in [9.17, 15) is 19.1 Å². The molecule has 1 aliphatic heterocycles. The lowest BCUT2D eigenvalue weighted by Crippen LogP contribution is -2.54. The number of halogens is 3. The van der Waals surface area contributed by atoms with Gasteiger partial charge in [0.1, 0.15) is 17.9 Å². The number of hydrogen-bond acceptors (Lipinski definition) is 5. The fourth-order valence-corrected chi connectivity index (χ4v) is 3.91. The van der Waals surface area contributed by atoms with Crippen LogP contribution in [-0.4, -0.2) is 54.6 Å². The summed E-state index contributed by atoms with van der Waals surface area (Å²) in [6, 6.07) is 1.23. The predicted octanol–water partition coefficient (Wildman–Crippen LogP) is 2.43. The zero-order valence-corrected chi connectivity index (χ0v) is 17.2. The average molecular weight is 432 g/mol. The van der Waals surface area contributed by atoms with Crippen molar-refractivity contribution in [3.05, 3.63) is 33.9 Å². The summed E-state index contributed by atoms with van der Waals surface area (Å²) in [7, 11) is 1.35. The first-order valence-electron chi connectivity index (χ1n) is 9.02. The first-order chi connectivity index (χ1) is 13.3. The minimum absolute atomic E-state index is 0. The molecule has 0 amide bonds. The van der Waals surface area contributed by atoms with E-state index in [-0.39, 0.29) is 53.4 Å². The Morgan fingerprint density at radius 1 is 1.34 bits per heavy atom. The van der Waals surface area contributed by atoms with E-state index in [1.165, 1.54) is 11.7 Å². The van der Waals surface area contributed by atoms with Crippen LogP contribution in [0.3, 0.4) is 0 Å². The molecule has 1 aromatic heterocycles. The second-order valence-electron chi connectivity index (χ2n) is 7.07. The molecule has 10 heteroatoms. The molecule has 1 aromatic carbocycles. The lowest BCUT2D eigenvalue weighted by molar-refractivity contribution is 0.0694. The monoisotopic (exact) mass is 431 g/mol. The van der Waals surface area contributed by atoms with Gasteiger partial charge >= 0.3 is 5.97 Å². The number of aromatic nitrogens is 1. The minimum Gasteiger partial charge on any atom is -0.492 e. The summed E-state index contributed by atoms with van der Waals surface area (Å²) in [5.74, 6) is -2.04. The number of rotatable bonds is 5. The van der Waals surface area contributed by atoms with Crippen molar-refractivity contribution in [1.82, 2.24) is 9.88 Å². The van der Waals surface area contributed by atoms with Gasteiger partial charge in [-0.2, -0.15) is 0 Å². The third-order valence-electron chi connectivity index (χ3n) is 4.88. The van der Waals surface area contributed by atoms with Crippen LogP contribution in [-0.2, 0) is 6.54 Å². The molecular weight excluding hydrogens is 408 g/mol. The molecule has 0 radical (unpaired) electrons. The quantitative estimate of drug-likeness (QED) is 0.756.